The van der Waals surface area contributed by atoms with Gasteiger partial charge >= 0.3 is 7.12 Å². The second-order valence-electron chi connectivity index (χ2n) is 15.4. The SMILES string of the molecule is CCCCCCCCCCCCCC(=O)N[C@@H](CCCCN)C(=O)N(C)[C@@H]1C(=O)N[C@@H](C)C(=O)N[C@H](C(=O)NCB(O)O)Cc2ccc(O)c(c2)-c2cc1ccc2O. The minimum absolute atomic E-state index is 0.0934. The summed E-state index contributed by atoms with van der Waals surface area (Å²) in [5, 5.41) is 51.1. The van der Waals surface area contributed by atoms with Crippen LogP contribution < -0.4 is 27.0 Å². The number of nitrogens with one attached hydrogen (secondary N) is 4. The molecule has 16 heteroatoms. The van der Waals surface area contributed by atoms with Gasteiger partial charge in [-0.25, -0.2) is 0 Å². The van der Waals surface area contributed by atoms with Crippen molar-refractivity contribution in [2.45, 2.75) is 141 Å². The molecule has 0 radical (unpaired) electrons. The van der Waals surface area contributed by atoms with E-state index < -0.39 is 61.4 Å². The van der Waals surface area contributed by atoms with Crippen LogP contribution in [0.5, 0.6) is 11.5 Å². The fourth-order valence-corrected chi connectivity index (χ4v) is 7.17. The van der Waals surface area contributed by atoms with Crippen LogP contribution in [0.2, 0.25) is 0 Å². The number of nitrogens with two attached hydrogens (primary N) is 1. The molecule has 10 N–H and O–H groups in total. The summed E-state index contributed by atoms with van der Waals surface area (Å²) >= 11 is 0. The summed E-state index contributed by atoms with van der Waals surface area (Å²) in [6.07, 6.45) is 13.6. The van der Waals surface area contributed by atoms with Gasteiger partial charge in [-0.1, -0.05) is 83.3 Å². The highest BCUT2D eigenvalue weighted by atomic mass is 16.4. The fraction of sp³-hybridized carbons (Fsp3) is 0.595. The van der Waals surface area contributed by atoms with Crippen LogP contribution in [0.15, 0.2) is 36.4 Å². The van der Waals surface area contributed by atoms with Crippen molar-refractivity contribution in [2.75, 3.05) is 20.0 Å². The van der Waals surface area contributed by atoms with Crippen molar-refractivity contribution in [3.63, 3.8) is 0 Å². The molecule has 1 aliphatic heterocycles. The first-order valence-electron chi connectivity index (χ1n) is 20.9. The smallest absolute Gasteiger partial charge is 0.472 e. The van der Waals surface area contributed by atoms with E-state index in [9.17, 15) is 44.2 Å². The lowest BCUT2D eigenvalue weighted by atomic mass is 9.91. The molecule has 0 saturated carbocycles. The summed E-state index contributed by atoms with van der Waals surface area (Å²) in [5.74, 6) is -3.52. The molecule has 4 atom stereocenters. The lowest BCUT2D eigenvalue weighted by Crippen LogP contribution is -2.56. The third kappa shape index (κ3) is 15.3. The number of benzene rings is 2. The van der Waals surface area contributed by atoms with Crippen molar-refractivity contribution in [1.29, 1.82) is 0 Å². The predicted octanol–water partition coefficient (Wildman–Crippen LogP) is 3.25. The van der Waals surface area contributed by atoms with Crippen molar-refractivity contribution < 1.29 is 44.2 Å². The number of phenols is 2. The van der Waals surface area contributed by atoms with Crippen LogP contribution in [0.4, 0.5) is 0 Å². The Bertz CT molecular complexity index is 1660. The second-order valence-corrected chi connectivity index (χ2v) is 15.4. The number of unbranched alkanes of at least 4 members (excludes halogenated alkanes) is 11. The molecule has 0 aromatic heterocycles. The van der Waals surface area contributed by atoms with E-state index in [0.29, 0.717) is 31.4 Å². The van der Waals surface area contributed by atoms with Gasteiger partial charge in [0.2, 0.25) is 29.5 Å². The summed E-state index contributed by atoms with van der Waals surface area (Å²) in [6.45, 7) is 4.02. The molecule has 58 heavy (non-hydrogen) atoms. The van der Waals surface area contributed by atoms with Crippen molar-refractivity contribution in [1.82, 2.24) is 26.2 Å². The van der Waals surface area contributed by atoms with Crippen LogP contribution in [0.1, 0.15) is 127 Å². The average molecular weight is 809 g/mol. The normalized spacial score (nSPS) is 17.3. The van der Waals surface area contributed by atoms with Gasteiger partial charge in [-0.2, -0.15) is 0 Å². The van der Waals surface area contributed by atoms with E-state index in [4.69, 9.17) is 5.73 Å². The zero-order valence-electron chi connectivity index (χ0n) is 34.4. The molecule has 2 aromatic carbocycles. The molecule has 15 nitrogen and oxygen atoms in total. The Morgan fingerprint density at radius 2 is 1.45 bits per heavy atom. The first-order valence-corrected chi connectivity index (χ1v) is 20.9. The van der Waals surface area contributed by atoms with Gasteiger partial charge in [0.25, 0.3) is 0 Å². The Morgan fingerprint density at radius 1 is 0.845 bits per heavy atom. The molecule has 0 aliphatic carbocycles. The summed E-state index contributed by atoms with van der Waals surface area (Å²) in [5.41, 5.74) is 6.77. The van der Waals surface area contributed by atoms with E-state index in [-0.39, 0.29) is 53.4 Å². The molecule has 3 rings (SSSR count). The number of hydrogen-bond acceptors (Lipinski definition) is 10. The van der Waals surface area contributed by atoms with E-state index in [1.54, 1.807) is 0 Å². The Morgan fingerprint density at radius 3 is 2.07 bits per heavy atom. The Kier molecular flexibility index (Phi) is 20.5. The number of aromatic hydroxyl groups is 2. The number of rotatable bonds is 22. The van der Waals surface area contributed by atoms with Gasteiger partial charge in [0.1, 0.15) is 35.7 Å². The zero-order chi connectivity index (χ0) is 42.6. The van der Waals surface area contributed by atoms with Crippen LogP contribution in [0, 0.1) is 0 Å². The molecule has 0 unspecified atom stereocenters. The van der Waals surface area contributed by atoms with Gasteiger partial charge in [0, 0.05) is 31.0 Å². The molecule has 0 saturated heterocycles. The maximum Gasteiger partial charge on any atom is 0.472 e. The van der Waals surface area contributed by atoms with Crippen LogP contribution in [0.3, 0.4) is 0 Å². The Labute approximate surface area is 343 Å². The summed E-state index contributed by atoms with van der Waals surface area (Å²) in [6, 6.07) is 3.90. The van der Waals surface area contributed by atoms with E-state index in [2.05, 4.69) is 28.2 Å². The van der Waals surface area contributed by atoms with Crippen molar-refractivity contribution >= 4 is 36.7 Å². The number of phenolic OH excluding ortho intramolecular Hbond substituents is 2. The van der Waals surface area contributed by atoms with E-state index in [1.807, 2.05) is 0 Å². The summed E-state index contributed by atoms with van der Waals surface area (Å²) in [7, 11) is -0.418. The lowest BCUT2D eigenvalue weighted by Gasteiger charge is -2.32. The predicted molar refractivity (Wildman–Crippen MR) is 223 cm³/mol. The molecule has 2 aromatic rings. The topological polar surface area (TPSA) is 244 Å². The monoisotopic (exact) mass is 808 g/mol. The maximum atomic E-state index is 14.3. The number of amides is 5. The van der Waals surface area contributed by atoms with Gasteiger partial charge in [0.05, 0.1) is 6.44 Å². The van der Waals surface area contributed by atoms with Crippen molar-refractivity contribution in [2.24, 2.45) is 5.73 Å². The highest BCUT2D eigenvalue weighted by Gasteiger charge is 2.36. The maximum absolute atomic E-state index is 14.3. The van der Waals surface area contributed by atoms with Crippen LogP contribution in [-0.2, 0) is 30.4 Å². The highest BCUT2D eigenvalue weighted by Crippen LogP contribution is 2.39. The molecule has 5 amide bonds. The summed E-state index contributed by atoms with van der Waals surface area (Å²) in [4.78, 5) is 69.6. The van der Waals surface area contributed by atoms with Crippen LogP contribution >= 0.6 is 0 Å². The number of hydrogen-bond donors (Lipinski definition) is 9. The molecular weight excluding hydrogens is 743 g/mol. The van der Waals surface area contributed by atoms with Gasteiger partial charge in [-0.05, 0) is 74.5 Å². The van der Waals surface area contributed by atoms with Gasteiger partial charge < -0.3 is 52.2 Å². The first kappa shape index (κ1) is 47.7. The molecule has 1 heterocycles. The number of nitrogens with zero attached hydrogens (tertiary/aromatic N) is 1. The molecule has 320 valence electrons. The van der Waals surface area contributed by atoms with Gasteiger partial charge in [-0.15, -0.1) is 0 Å². The fourth-order valence-electron chi connectivity index (χ4n) is 7.17. The lowest BCUT2D eigenvalue weighted by molar-refractivity contribution is -0.143. The van der Waals surface area contributed by atoms with Crippen molar-refractivity contribution in [3.05, 3.63) is 47.5 Å². The Hall–Kier alpha value is -4.67. The standard InChI is InChI=1S/C42H65BN6O9/c1-4-5-6-7-8-9-10-11-12-13-14-18-37(52)47-33(17-15-16-23-44)42(56)49(3)38-30-20-22-36(51)32(26-30)31-24-29(19-21-35(31)50)25-34(40(54)45-27-43(57)58)48-39(53)28(2)46-41(38)55/h19-22,24,26,28,33-34,38,50-51,57-58H,4-18,23,25,27,44H2,1-3H3,(H,45,54)(H,46,55)(H,47,52)(H,48,53)/t28-,33-,34-,38-/m0/s1. The minimum Gasteiger partial charge on any atom is -0.507 e. The minimum atomic E-state index is -1.84. The number of carbonyl (C=O) groups is 5. The third-order valence-corrected chi connectivity index (χ3v) is 10.5. The molecule has 1 aliphatic rings. The molecular formula is C42H65BN6O9. The second kappa shape index (κ2) is 25.0. The van der Waals surface area contributed by atoms with Crippen LogP contribution in [-0.4, -0.2) is 100.0 Å². The van der Waals surface area contributed by atoms with Gasteiger partial charge in [-0.3, -0.25) is 24.0 Å². The first-order chi connectivity index (χ1) is 27.8. The molecule has 0 spiro atoms. The van der Waals surface area contributed by atoms with E-state index in [1.165, 1.54) is 100 Å². The van der Waals surface area contributed by atoms with E-state index in [0.717, 1.165) is 19.3 Å². The summed E-state index contributed by atoms with van der Waals surface area (Å²) < 4.78 is 0. The van der Waals surface area contributed by atoms with Gasteiger partial charge in [0.15, 0.2) is 0 Å². The zero-order valence-corrected chi connectivity index (χ0v) is 34.4. The third-order valence-electron chi connectivity index (χ3n) is 10.5. The number of fused-ring (bicyclic) bond motifs is 5. The van der Waals surface area contributed by atoms with Crippen LogP contribution in [0.25, 0.3) is 11.1 Å². The Balaban J connectivity index is 1.87. The highest BCUT2D eigenvalue weighted by molar-refractivity contribution is 6.41. The average Bonchev–Trinajstić information content (AvgIpc) is 3.19. The number of likely N-dealkylation sites (N-methyl/N-ethyl adjacent to an activating group) is 1. The number of carbonyl (C=O) groups excluding carboxylic acids is 5. The quantitative estimate of drug-likeness (QED) is 0.0621. The molecule has 0 fully saturated rings. The van der Waals surface area contributed by atoms with E-state index >= 15 is 0 Å². The van der Waals surface area contributed by atoms with Crippen molar-refractivity contribution in [3.8, 4) is 22.6 Å². The largest absolute Gasteiger partial charge is 0.507 e. The molecule has 4 bridgehead atoms.